The molecule has 2 heterocycles. The predicted molar refractivity (Wildman–Crippen MR) is 111 cm³/mol. The number of carbonyl (C=O) groups excluding carboxylic acids is 1. The molecule has 1 aliphatic rings. The summed E-state index contributed by atoms with van der Waals surface area (Å²) >= 11 is 6.10. The maximum absolute atomic E-state index is 12.7. The van der Waals surface area contributed by atoms with Gasteiger partial charge in [-0.05, 0) is 43.2 Å². The molecule has 3 aromatic rings. The number of para-hydroxylation sites is 2. The van der Waals surface area contributed by atoms with E-state index in [-0.39, 0.29) is 24.1 Å². The summed E-state index contributed by atoms with van der Waals surface area (Å²) in [5.74, 6) is 0.137. The van der Waals surface area contributed by atoms with E-state index in [1.165, 1.54) is 10.8 Å². The third-order valence-electron chi connectivity index (χ3n) is 4.72. The van der Waals surface area contributed by atoms with Gasteiger partial charge in [0.05, 0.1) is 29.0 Å². The van der Waals surface area contributed by atoms with E-state index in [2.05, 4.69) is 10.3 Å². The van der Waals surface area contributed by atoms with Crippen LogP contribution in [0.2, 0.25) is 5.02 Å². The van der Waals surface area contributed by atoms with Gasteiger partial charge >= 0.3 is 0 Å². The third-order valence-corrected chi connectivity index (χ3v) is 4.95. The largest absolute Gasteiger partial charge is 0.489 e. The van der Waals surface area contributed by atoms with Crippen LogP contribution in [-0.4, -0.2) is 34.8 Å². The Kier molecular flexibility index (Phi) is 5.78. The molecule has 4 rings (SSSR count). The average molecular weight is 414 g/mol. The van der Waals surface area contributed by atoms with E-state index in [1.54, 1.807) is 36.4 Å². The van der Waals surface area contributed by atoms with E-state index in [1.807, 2.05) is 6.07 Å². The summed E-state index contributed by atoms with van der Waals surface area (Å²) in [7, 11) is 0. The van der Waals surface area contributed by atoms with Crippen molar-refractivity contribution in [2.45, 2.75) is 25.5 Å². The number of nitrogens with zero attached hydrogens (tertiary/aromatic N) is 2. The molecule has 1 amide bonds. The second-order valence-corrected chi connectivity index (χ2v) is 7.24. The highest BCUT2D eigenvalue weighted by Gasteiger charge is 2.18. The van der Waals surface area contributed by atoms with E-state index in [9.17, 15) is 9.59 Å². The van der Waals surface area contributed by atoms with Crippen molar-refractivity contribution >= 4 is 34.2 Å². The van der Waals surface area contributed by atoms with Crippen molar-refractivity contribution in [1.29, 1.82) is 0 Å². The van der Waals surface area contributed by atoms with Gasteiger partial charge in [-0.1, -0.05) is 23.7 Å². The van der Waals surface area contributed by atoms with Crippen molar-refractivity contribution < 1.29 is 14.3 Å². The topological polar surface area (TPSA) is 82.5 Å². The molecule has 1 aromatic heterocycles. The first kappa shape index (κ1) is 19.4. The zero-order chi connectivity index (χ0) is 20.2. The molecular formula is C21H20ClN3O4. The number of halogens is 1. The van der Waals surface area contributed by atoms with Gasteiger partial charge in [0.2, 0.25) is 5.91 Å². The lowest BCUT2D eigenvalue weighted by Gasteiger charge is -2.16. The second kappa shape index (κ2) is 8.63. The number of fused-ring (bicyclic) bond motifs is 1. The number of anilines is 1. The Morgan fingerprint density at radius 3 is 3.00 bits per heavy atom. The van der Waals surface area contributed by atoms with Gasteiger partial charge in [0.15, 0.2) is 0 Å². The van der Waals surface area contributed by atoms with E-state index < -0.39 is 0 Å². The minimum atomic E-state index is -0.368. The number of amides is 1. The molecular weight excluding hydrogens is 394 g/mol. The molecule has 0 aliphatic carbocycles. The molecule has 1 aliphatic heterocycles. The van der Waals surface area contributed by atoms with Crippen LogP contribution in [0.15, 0.2) is 53.5 Å². The summed E-state index contributed by atoms with van der Waals surface area (Å²) in [5.41, 5.74) is 1.34. The van der Waals surface area contributed by atoms with Crippen LogP contribution in [0.1, 0.15) is 12.8 Å². The highest BCUT2D eigenvalue weighted by molar-refractivity contribution is 6.31. The van der Waals surface area contributed by atoms with E-state index in [4.69, 9.17) is 21.1 Å². The van der Waals surface area contributed by atoms with Crippen molar-refractivity contribution in [3.63, 3.8) is 0 Å². The lowest BCUT2D eigenvalue weighted by molar-refractivity contribution is -0.116. The molecule has 0 radical (unpaired) electrons. The second-order valence-electron chi connectivity index (χ2n) is 6.81. The van der Waals surface area contributed by atoms with Crippen molar-refractivity contribution in [3.05, 3.63) is 64.0 Å². The molecule has 1 atom stereocenters. The number of carbonyl (C=O) groups is 1. The molecule has 29 heavy (non-hydrogen) atoms. The van der Waals surface area contributed by atoms with Gasteiger partial charge in [0.25, 0.3) is 5.56 Å². The number of benzene rings is 2. The van der Waals surface area contributed by atoms with Crippen LogP contribution in [-0.2, 0) is 16.1 Å². The lowest BCUT2D eigenvalue weighted by Crippen LogP contribution is -2.28. The van der Waals surface area contributed by atoms with Gasteiger partial charge < -0.3 is 14.8 Å². The van der Waals surface area contributed by atoms with Crippen molar-refractivity contribution in [3.8, 4) is 5.75 Å². The number of ether oxygens (including phenoxy) is 2. The standard InChI is InChI=1S/C21H20ClN3O4/c22-14-7-8-19(29-13-15-4-3-9-28-15)17(10-14)24-20(26)12-25-18-6-2-1-5-16(18)23-11-21(25)27/h1-2,5-8,10-11,15H,3-4,9,12-13H2,(H,24,26). The fourth-order valence-corrected chi connectivity index (χ4v) is 3.47. The third kappa shape index (κ3) is 4.58. The van der Waals surface area contributed by atoms with Crippen molar-refractivity contribution in [1.82, 2.24) is 9.55 Å². The van der Waals surface area contributed by atoms with E-state index in [0.717, 1.165) is 19.4 Å². The first-order valence-corrected chi connectivity index (χ1v) is 9.76. The highest BCUT2D eigenvalue weighted by atomic mass is 35.5. The summed E-state index contributed by atoms with van der Waals surface area (Å²) in [6.07, 6.45) is 3.24. The van der Waals surface area contributed by atoms with Gasteiger partial charge in [0.1, 0.15) is 18.9 Å². The van der Waals surface area contributed by atoms with Crippen molar-refractivity contribution in [2.24, 2.45) is 0 Å². The molecule has 0 saturated carbocycles. The molecule has 1 saturated heterocycles. The number of rotatable bonds is 6. The fraction of sp³-hybridized carbons (Fsp3) is 0.286. The fourth-order valence-electron chi connectivity index (χ4n) is 3.30. The Balaban J connectivity index is 1.52. The molecule has 1 unspecified atom stereocenters. The Hall–Kier alpha value is -2.90. The maximum atomic E-state index is 12.7. The number of aromatic nitrogens is 2. The number of hydrogen-bond donors (Lipinski definition) is 1. The highest BCUT2D eigenvalue weighted by Crippen LogP contribution is 2.29. The van der Waals surface area contributed by atoms with Crippen LogP contribution in [0.4, 0.5) is 5.69 Å². The molecule has 8 heteroatoms. The zero-order valence-electron chi connectivity index (χ0n) is 15.6. The Labute approximate surface area is 172 Å². The minimum absolute atomic E-state index is 0.0518. The van der Waals surface area contributed by atoms with Crippen LogP contribution in [0.3, 0.4) is 0 Å². The van der Waals surface area contributed by atoms with Gasteiger partial charge in [-0.3, -0.25) is 14.2 Å². The summed E-state index contributed by atoms with van der Waals surface area (Å²) in [5, 5.41) is 3.27. The quantitative estimate of drug-likeness (QED) is 0.670. The maximum Gasteiger partial charge on any atom is 0.269 e. The summed E-state index contributed by atoms with van der Waals surface area (Å²) in [6.45, 7) is 0.991. The lowest BCUT2D eigenvalue weighted by atomic mass is 10.2. The molecule has 2 aromatic carbocycles. The van der Waals surface area contributed by atoms with Crippen LogP contribution in [0.5, 0.6) is 5.75 Å². The first-order chi connectivity index (χ1) is 14.1. The Bertz CT molecular complexity index is 1090. The van der Waals surface area contributed by atoms with Crippen LogP contribution in [0.25, 0.3) is 11.0 Å². The summed E-state index contributed by atoms with van der Waals surface area (Å²) in [4.78, 5) is 29.0. The SMILES string of the molecule is O=C(Cn1c(=O)cnc2ccccc21)Nc1cc(Cl)ccc1OCC1CCCO1. The summed E-state index contributed by atoms with van der Waals surface area (Å²) in [6, 6.07) is 12.2. The van der Waals surface area contributed by atoms with Gasteiger partial charge in [-0.25, -0.2) is 4.98 Å². The van der Waals surface area contributed by atoms with Gasteiger partial charge in [0, 0.05) is 11.6 Å². The molecule has 0 bridgehead atoms. The smallest absolute Gasteiger partial charge is 0.269 e. The Morgan fingerprint density at radius 1 is 1.31 bits per heavy atom. The number of hydrogen-bond acceptors (Lipinski definition) is 5. The molecule has 7 nitrogen and oxygen atoms in total. The molecule has 150 valence electrons. The monoisotopic (exact) mass is 413 g/mol. The predicted octanol–water partition coefficient (Wildman–Crippen LogP) is 3.25. The van der Waals surface area contributed by atoms with Gasteiger partial charge in [-0.15, -0.1) is 0 Å². The zero-order valence-corrected chi connectivity index (χ0v) is 16.4. The van der Waals surface area contributed by atoms with E-state index >= 15 is 0 Å². The number of nitrogens with one attached hydrogen (secondary N) is 1. The molecule has 1 fully saturated rings. The average Bonchev–Trinajstić information content (AvgIpc) is 3.23. The van der Waals surface area contributed by atoms with Crippen LogP contribution < -0.4 is 15.6 Å². The molecule has 1 N–H and O–H groups in total. The van der Waals surface area contributed by atoms with E-state index in [0.29, 0.717) is 34.1 Å². The Morgan fingerprint density at radius 2 is 2.17 bits per heavy atom. The van der Waals surface area contributed by atoms with Gasteiger partial charge in [-0.2, -0.15) is 0 Å². The van der Waals surface area contributed by atoms with Crippen LogP contribution in [0, 0.1) is 0 Å². The summed E-state index contributed by atoms with van der Waals surface area (Å²) < 4.78 is 12.8. The van der Waals surface area contributed by atoms with Crippen LogP contribution >= 0.6 is 11.6 Å². The first-order valence-electron chi connectivity index (χ1n) is 9.38. The van der Waals surface area contributed by atoms with Crippen molar-refractivity contribution in [2.75, 3.05) is 18.5 Å². The minimum Gasteiger partial charge on any atom is -0.489 e. The molecule has 0 spiro atoms. The normalized spacial score (nSPS) is 16.1.